The monoisotopic (exact) mass is 303 g/mol. The molecule has 19 heavy (non-hydrogen) atoms. The minimum atomic E-state index is -0.259. The number of thiazole rings is 1. The SMILES string of the molecule is Cc1noc(CNC(=O)c2csc(CCN)n2)n1.Cl. The van der Waals surface area contributed by atoms with Crippen molar-refractivity contribution in [2.24, 2.45) is 5.73 Å². The zero-order valence-corrected chi connectivity index (χ0v) is 11.9. The van der Waals surface area contributed by atoms with Gasteiger partial charge in [0.15, 0.2) is 5.82 Å². The van der Waals surface area contributed by atoms with Gasteiger partial charge in [-0.05, 0) is 13.5 Å². The van der Waals surface area contributed by atoms with Gasteiger partial charge in [0, 0.05) is 11.8 Å². The Morgan fingerprint density at radius 3 is 2.95 bits per heavy atom. The second-order valence-corrected chi connectivity index (χ2v) is 4.53. The van der Waals surface area contributed by atoms with Crippen LogP contribution in [0.2, 0.25) is 0 Å². The largest absolute Gasteiger partial charge is 0.342 e. The van der Waals surface area contributed by atoms with Crippen molar-refractivity contribution in [1.82, 2.24) is 20.4 Å². The van der Waals surface area contributed by atoms with Crippen molar-refractivity contribution >= 4 is 29.7 Å². The Morgan fingerprint density at radius 1 is 1.53 bits per heavy atom. The molecule has 0 bridgehead atoms. The highest BCUT2D eigenvalue weighted by molar-refractivity contribution is 7.09. The van der Waals surface area contributed by atoms with Crippen molar-refractivity contribution in [2.45, 2.75) is 19.9 Å². The molecule has 9 heteroatoms. The van der Waals surface area contributed by atoms with E-state index in [0.717, 1.165) is 5.01 Å². The molecule has 0 aliphatic carbocycles. The van der Waals surface area contributed by atoms with Crippen molar-refractivity contribution in [3.05, 3.63) is 27.8 Å². The number of aromatic nitrogens is 3. The number of carbonyl (C=O) groups is 1. The molecular formula is C10H14ClN5O2S. The molecule has 0 fully saturated rings. The molecule has 0 unspecified atom stereocenters. The van der Waals surface area contributed by atoms with Crippen LogP contribution in [0.5, 0.6) is 0 Å². The van der Waals surface area contributed by atoms with Crippen LogP contribution in [0.3, 0.4) is 0 Å². The van der Waals surface area contributed by atoms with Gasteiger partial charge in [-0.3, -0.25) is 4.79 Å². The van der Waals surface area contributed by atoms with Crippen LogP contribution in [0, 0.1) is 6.92 Å². The Hall–Kier alpha value is -1.51. The number of hydrogen-bond acceptors (Lipinski definition) is 7. The van der Waals surface area contributed by atoms with Gasteiger partial charge in [-0.2, -0.15) is 4.98 Å². The molecule has 2 aromatic heterocycles. The van der Waals surface area contributed by atoms with E-state index in [0.29, 0.717) is 30.4 Å². The third-order valence-corrected chi connectivity index (χ3v) is 3.02. The van der Waals surface area contributed by atoms with E-state index in [1.165, 1.54) is 11.3 Å². The molecule has 3 N–H and O–H groups in total. The fraction of sp³-hybridized carbons (Fsp3) is 0.400. The molecule has 7 nitrogen and oxygen atoms in total. The number of carbonyl (C=O) groups excluding carboxylic acids is 1. The van der Waals surface area contributed by atoms with Gasteiger partial charge in [0.2, 0.25) is 5.89 Å². The summed E-state index contributed by atoms with van der Waals surface area (Å²) in [7, 11) is 0. The molecule has 0 aromatic carbocycles. The molecule has 0 aliphatic rings. The Bertz CT molecular complexity index is 542. The average Bonchev–Trinajstić information content (AvgIpc) is 2.96. The fourth-order valence-electron chi connectivity index (χ4n) is 1.31. The van der Waals surface area contributed by atoms with Crippen molar-refractivity contribution < 1.29 is 9.32 Å². The molecule has 0 saturated carbocycles. The molecule has 0 saturated heterocycles. The molecule has 0 radical (unpaired) electrons. The molecule has 0 atom stereocenters. The van der Waals surface area contributed by atoms with E-state index in [2.05, 4.69) is 20.4 Å². The fourth-order valence-corrected chi connectivity index (χ4v) is 2.11. The maximum atomic E-state index is 11.8. The Labute approximate surface area is 120 Å². The first-order valence-corrected chi connectivity index (χ1v) is 6.29. The maximum absolute atomic E-state index is 11.8. The number of nitrogens with zero attached hydrogens (tertiary/aromatic N) is 3. The lowest BCUT2D eigenvalue weighted by atomic mass is 10.4. The topological polar surface area (TPSA) is 107 Å². The highest BCUT2D eigenvalue weighted by Crippen LogP contribution is 2.10. The van der Waals surface area contributed by atoms with Gasteiger partial charge in [0.05, 0.1) is 11.6 Å². The predicted octanol–water partition coefficient (Wildman–Crippen LogP) is 0.688. The summed E-state index contributed by atoms with van der Waals surface area (Å²) < 4.78 is 4.88. The summed E-state index contributed by atoms with van der Waals surface area (Å²) in [6, 6.07) is 0. The maximum Gasteiger partial charge on any atom is 0.271 e. The normalized spacial score (nSPS) is 10.0. The number of hydrogen-bond donors (Lipinski definition) is 2. The summed E-state index contributed by atoms with van der Waals surface area (Å²) >= 11 is 1.42. The molecule has 2 rings (SSSR count). The predicted molar refractivity (Wildman–Crippen MR) is 72.3 cm³/mol. The van der Waals surface area contributed by atoms with Crippen molar-refractivity contribution in [2.75, 3.05) is 6.54 Å². The number of nitrogens with one attached hydrogen (secondary N) is 1. The first-order valence-electron chi connectivity index (χ1n) is 5.41. The van der Waals surface area contributed by atoms with Crippen molar-refractivity contribution in [3.63, 3.8) is 0 Å². The van der Waals surface area contributed by atoms with E-state index in [-0.39, 0.29) is 24.9 Å². The first-order chi connectivity index (χ1) is 8.69. The van der Waals surface area contributed by atoms with Crippen LogP contribution in [0.25, 0.3) is 0 Å². The summed E-state index contributed by atoms with van der Waals surface area (Å²) in [6.45, 7) is 2.44. The van der Waals surface area contributed by atoms with E-state index >= 15 is 0 Å². The lowest BCUT2D eigenvalue weighted by molar-refractivity contribution is 0.0942. The quantitative estimate of drug-likeness (QED) is 0.841. The molecule has 2 aromatic rings. The lowest BCUT2D eigenvalue weighted by Crippen LogP contribution is -2.23. The third-order valence-electron chi connectivity index (χ3n) is 2.11. The number of amides is 1. The summed E-state index contributed by atoms with van der Waals surface area (Å²) in [5, 5.41) is 8.86. The van der Waals surface area contributed by atoms with Gasteiger partial charge >= 0.3 is 0 Å². The van der Waals surface area contributed by atoms with Crippen LogP contribution in [0.4, 0.5) is 0 Å². The first kappa shape index (κ1) is 15.5. The Kier molecular flexibility index (Phi) is 5.87. The number of aryl methyl sites for hydroxylation is 1. The van der Waals surface area contributed by atoms with Crippen molar-refractivity contribution in [3.8, 4) is 0 Å². The second-order valence-electron chi connectivity index (χ2n) is 3.58. The van der Waals surface area contributed by atoms with Gasteiger partial charge in [0.25, 0.3) is 5.91 Å². The zero-order valence-electron chi connectivity index (χ0n) is 10.3. The molecule has 2 heterocycles. The van der Waals surface area contributed by atoms with Gasteiger partial charge < -0.3 is 15.6 Å². The van der Waals surface area contributed by atoms with Crippen LogP contribution in [-0.4, -0.2) is 27.6 Å². The number of nitrogens with two attached hydrogens (primary N) is 1. The van der Waals surface area contributed by atoms with Gasteiger partial charge in [-0.25, -0.2) is 4.98 Å². The lowest BCUT2D eigenvalue weighted by Gasteiger charge is -1.98. The summed E-state index contributed by atoms with van der Waals surface area (Å²) in [5.74, 6) is 0.654. The van der Waals surface area contributed by atoms with E-state index in [1.807, 2.05) is 0 Å². The number of rotatable bonds is 5. The van der Waals surface area contributed by atoms with Crippen LogP contribution in [-0.2, 0) is 13.0 Å². The zero-order chi connectivity index (χ0) is 13.0. The molecule has 0 aliphatic heterocycles. The molecule has 1 amide bonds. The van der Waals surface area contributed by atoms with E-state index in [4.69, 9.17) is 10.3 Å². The van der Waals surface area contributed by atoms with Crippen LogP contribution in [0.15, 0.2) is 9.90 Å². The van der Waals surface area contributed by atoms with E-state index in [9.17, 15) is 4.79 Å². The Balaban J connectivity index is 0.00000180. The highest BCUT2D eigenvalue weighted by atomic mass is 35.5. The minimum absolute atomic E-state index is 0. The summed E-state index contributed by atoms with van der Waals surface area (Å²) in [6.07, 6.45) is 0.681. The second kappa shape index (κ2) is 7.17. The highest BCUT2D eigenvalue weighted by Gasteiger charge is 2.11. The standard InChI is InChI=1S/C10H13N5O2S.ClH/c1-6-13-8(17-15-6)4-12-10(16)7-5-18-9(14-7)2-3-11;/h5H,2-4,11H2,1H3,(H,12,16);1H. The minimum Gasteiger partial charge on any atom is -0.342 e. The smallest absolute Gasteiger partial charge is 0.271 e. The number of halogens is 1. The van der Waals surface area contributed by atoms with Crippen molar-refractivity contribution in [1.29, 1.82) is 0 Å². The van der Waals surface area contributed by atoms with Crippen LogP contribution < -0.4 is 11.1 Å². The van der Waals surface area contributed by atoms with Gasteiger partial charge in [-0.15, -0.1) is 23.7 Å². The van der Waals surface area contributed by atoms with Gasteiger partial charge in [-0.1, -0.05) is 5.16 Å². The Morgan fingerprint density at radius 2 is 2.32 bits per heavy atom. The summed E-state index contributed by atoms with van der Waals surface area (Å²) in [4.78, 5) is 19.9. The molecule has 0 spiro atoms. The van der Waals surface area contributed by atoms with Crippen LogP contribution >= 0.6 is 23.7 Å². The van der Waals surface area contributed by atoms with E-state index in [1.54, 1.807) is 12.3 Å². The molecular weight excluding hydrogens is 290 g/mol. The third kappa shape index (κ3) is 4.27. The van der Waals surface area contributed by atoms with Gasteiger partial charge in [0.1, 0.15) is 5.69 Å². The average molecular weight is 304 g/mol. The molecule has 104 valence electrons. The van der Waals surface area contributed by atoms with Crippen LogP contribution in [0.1, 0.15) is 27.2 Å². The summed E-state index contributed by atoms with van der Waals surface area (Å²) in [5.41, 5.74) is 5.81. The van der Waals surface area contributed by atoms with E-state index < -0.39 is 0 Å².